The maximum absolute atomic E-state index is 12.5. The zero-order chi connectivity index (χ0) is 16.1. The number of hydrogen-bond donors (Lipinski definition) is 3. The molecule has 7 nitrogen and oxygen atoms in total. The van der Waals surface area contributed by atoms with Crippen molar-refractivity contribution in [3.05, 3.63) is 11.4 Å². The Kier molecular flexibility index (Phi) is 6.33. The molecule has 21 heavy (non-hydrogen) atoms. The van der Waals surface area contributed by atoms with Crippen molar-refractivity contribution in [2.45, 2.75) is 38.6 Å². The highest BCUT2D eigenvalue weighted by Gasteiger charge is 2.27. The fourth-order valence-electron chi connectivity index (χ4n) is 1.94. The molecule has 8 heteroatoms. The summed E-state index contributed by atoms with van der Waals surface area (Å²) in [5.41, 5.74) is 0.865. The van der Waals surface area contributed by atoms with Crippen LogP contribution in [0, 0.1) is 12.3 Å². The molecular weight excluding hydrogens is 292 g/mol. The Morgan fingerprint density at radius 3 is 2.62 bits per heavy atom. The minimum absolute atomic E-state index is 0.177. The molecule has 1 aromatic heterocycles. The first-order valence-electron chi connectivity index (χ1n) is 6.90. The molecule has 0 saturated carbocycles. The van der Waals surface area contributed by atoms with Gasteiger partial charge >= 0.3 is 0 Å². The van der Waals surface area contributed by atoms with Gasteiger partial charge in [-0.3, -0.25) is 5.10 Å². The molecular formula is C13H26N4O3S. The largest absolute Gasteiger partial charge is 0.385 e. The van der Waals surface area contributed by atoms with E-state index in [-0.39, 0.29) is 10.3 Å². The molecule has 0 radical (unpaired) electrons. The normalized spacial score (nSPS) is 12.8. The first kappa shape index (κ1) is 18.1. The van der Waals surface area contributed by atoms with Crippen molar-refractivity contribution in [1.29, 1.82) is 0 Å². The minimum Gasteiger partial charge on any atom is -0.385 e. The van der Waals surface area contributed by atoms with Crippen LogP contribution < -0.4 is 10.0 Å². The number of nitrogens with one attached hydrogen (secondary N) is 3. The number of ether oxygens (including phenoxy) is 1. The Bertz CT molecular complexity index is 552. The number of aryl methyl sites for hydroxylation is 1. The lowest BCUT2D eigenvalue weighted by molar-refractivity contribution is 0.153. The van der Waals surface area contributed by atoms with Crippen LogP contribution in [0.3, 0.4) is 0 Å². The summed E-state index contributed by atoms with van der Waals surface area (Å²) in [4.78, 5) is 0.236. The molecule has 0 fully saturated rings. The van der Waals surface area contributed by atoms with Crippen LogP contribution in [-0.4, -0.2) is 45.9 Å². The molecule has 0 aliphatic heterocycles. The van der Waals surface area contributed by atoms with Gasteiger partial charge in [0.15, 0.2) is 0 Å². The van der Waals surface area contributed by atoms with Crippen LogP contribution in [0.15, 0.2) is 4.90 Å². The predicted octanol–water partition coefficient (Wildman–Crippen LogP) is 0.779. The molecule has 1 aromatic rings. The highest BCUT2D eigenvalue weighted by Crippen LogP contribution is 2.22. The fraction of sp³-hybridized carbons (Fsp3) is 0.769. The lowest BCUT2D eigenvalue weighted by Crippen LogP contribution is -2.35. The van der Waals surface area contributed by atoms with Crippen molar-refractivity contribution >= 4 is 10.0 Å². The number of rotatable bonds is 9. The first-order chi connectivity index (χ1) is 9.73. The predicted molar refractivity (Wildman–Crippen MR) is 81.6 cm³/mol. The molecule has 0 aliphatic rings. The molecule has 0 unspecified atom stereocenters. The molecule has 1 rings (SSSR count). The van der Waals surface area contributed by atoms with Crippen LogP contribution in [0.5, 0.6) is 0 Å². The maximum atomic E-state index is 12.5. The Morgan fingerprint density at radius 2 is 2.05 bits per heavy atom. The minimum atomic E-state index is -3.58. The summed E-state index contributed by atoms with van der Waals surface area (Å²) in [6.45, 7) is 7.06. The second kappa shape index (κ2) is 7.35. The summed E-state index contributed by atoms with van der Waals surface area (Å²) in [6, 6.07) is 0. The van der Waals surface area contributed by atoms with E-state index in [0.717, 1.165) is 6.42 Å². The number of methoxy groups -OCH3 is 1. The summed E-state index contributed by atoms with van der Waals surface area (Å²) in [7, 11) is -0.194. The molecule has 0 aromatic carbocycles. The van der Waals surface area contributed by atoms with E-state index in [1.54, 1.807) is 21.1 Å². The zero-order valence-corrected chi connectivity index (χ0v) is 14.2. The number of H-pyrrole nitrogens is 1. The molecule has 0 saturated heterocycles. The highest BCUT2D eigenvalue weighted by molar-refractivity contribution is 7.89. The van der Waals surface area contributed by atoms with Crippen LogP contribution in [0.4, 0.5) is 0 Å². The second-order valence-electron chi connectivity index (χ2n) is 5.89. The molecule has 0 aliphatic carbocycles. The monoisotopic (exact) mass is 318 g/mol. The van der Waals surface area contributed by atoms with Crippen LogP contribution >= 0.6 is 0 Å². The summed E-state index contributed by atoms with van der Waals surface area (Å²) in [5.74, 6) is 0. The van der Waals surface area contributed by atoms with E-state index in [4.69, 9.17) is 4.74 Å². The lowest BCUT2D eigenvalue weighted by atomic mass is 9.90. The van der Waals surface area contributed by atoms with Crippen molar-refractivity contribution in [2.75, 3.05) is 27.3 Å². The average Bonchev–Trinajstić information content (AvgIpc) is 2.77. The summed E-state index contributed by atoms with van der Waals surface area (Å²) >= 11 is 0. The van der Waals surface area contributed by atoms with E-state index < -0.39 is 10.0 Å². The number of aromatic nitrogens is 2. The summed E-state index contributed by atoms with van der Waals surface area (Å²) < 4.78 is 32.7. The van der Waals surface area contributed by atoms with Crippen molar-refractivity contribution in [3.63, 3.8) is 0 Å². The third kappa shape index (κ3) is 5.06. The number of nitrogens with zero attached hydrogens (tertiary/aromatic N) is 1. The Labute approximate surface area is 126 Å². The third-order valence-electron chi connectivity index (χ3n) is 3.30. The van der Waals surface area contributed by atoms with Gasteiger partial charge in [-0.05, 0) is 25.8 Å². The maximum Gasteiger partial charge on any atom is 0.244 e. The highest BCUT2D eigenvalue weighted by atomic mass is 32.2. The van der Waals surface area contributed by atoms with E-state index in [0.29, 0.717) is 31.1 Å². The first-order valence-corrected chi connectivity index (χ1v) is 8.39. The average molecular weight is 318 g/mol. The zero-order valence-electron chi connectivity index (χ0n) is 13.4. The van der Waals surface area contributed by atoms with E-state index in [1.165, 1.54) is 0 Å². The van der Waals surface area contributed by atoms with Gasteiger partial charge in [0.05, 0.1) is 11.4 Å². The van der Waals surface area contributed by atoms with Crippen molar-refractivity contribution in [2.24, 2.45) is 5.41 Å². The molecule has 1 heterocycles. The van der Waals surface area contributed by atoms with Crippen molar-refractivity contribution in [3.8, 4) is 0 Å². The van der Waals surface area contributed by atoms with E-state index >= 15 is 0 Å². The van der Waals surface area contributed by atoms with Gasteiger partial charge in [0.25, 0.3) is 0 Å². The Hall–Kier alpha value is -0.960. The second-order valence-corrected chi connectivity index (χ2v) is 7.59. The smallest absolute Gasteiger partial charge is 0.244 e. The van der Waals surface area contributed by atoms with Gasteiger partial charge in [0.1, 0.15) is 4.90 Å². The van der Waals surface area contributed by atoms with Gasteiger partial charge in [-0.2, -0.15) is 5.10 Å². The molecule has 0 bridgehead atoms. The molecule has 122 valence electrons. The fourth-order valence-corrected chi connectivity index (χ4v) is 3.54. The Morgan fingerprint density at radius 1 is 1.38 bits per heavy atom. The number of hydrogen-bond acceptors (Lipinski definition) is 5. The number of aromatic amines is 1. The van der Waals surface area contributed by atoms with Gasteiger partial charge in [0, 0.05) is 26.8 Å². The van der Waals surface area contributed by atoms with Crippen LogP contribution in [0.2, 0.25) is 0 Å². The molecule has 0 amide bonds. The van der Waals surface area contributed by atoms with Crippen LogP contribution in [-0.2, 0) is 21.3 Å². The lowest BCUT2D eigenvalue weighted by Gasteiger charge is -2.24. The van der Waals surface area contributed by atoms with Crippen LogP contribution in [0.25, 0.3) is 0 Å². The van der Waals surface area contributed by atoms with Gasteiger partial charge in [0.2, 0.25) is 10.0 Å². The molecule has 0 spiro atoms. The van der Waals surface area contributed by atoms with E-state index in [1.807, 2.05) is 13.8 Å². The SMILES string of the molecule is CNCc1n[nH]c(C)c1S(=O)(=O)NCC(C)(C)CCOC. The van der Waals surface area contributed by atoms with Crippen molar-refractivity contribution < 1.29 is 13.2 Å². The summed E-state index contributed by atoms with van der Waals surface area (Å²) in [6.07, 6.45) is 0.778. The summed E-state index contributed by atoms with van der Waals surface area (Å²) in [5, 5.41) is 9.69. The number of sulfonamides is 1. The van der Waals surface area contributed by atoms with Gasteiger partial charge in [-0.1, -0.05) is 13.8 Å². The van der Waals surface area contributed by atoms with Gasteiger partial charge in [-0.25, -0.2) is 13.1 Å². The van der Waals surface area contributed by atoms with Crippen molar-refractivity contribution in [1.82, 2.24) is 20.2 Å². The topological polar surface area (TPSA) is 96.1 Å². The van der Waals surface area contributed by atoms with E-state index in [9.17, 15) is 8.42 Å². The standard InChI is InChI=1S/C13H26N4O3S/c1-10-12(11(8-14-4)17-16-10)21(18,19)15-9-13(2,3)6-7-20-5/h14-15H,6-9H2,1-5H3,(H,16,17). The van der Waals surface area contributed by atoms with Gasteiger partial charge in [-0.15, -0.1) is 0 Å². The quantitative estimate of drug-likeness (QED) is 0.625. The molecule has 3 N–H and O–H groups in total. The molecule has 0 atom stereocenters. The third-order valence-corrected chi connectivity index (χ3v) is 4.90. The van der Waals surface area contributed by atoms with Gasteiger partial charge < -0.3 is 10.1 Å². The Balaban J connectivity index is 2.85. The van der Waals surface area contributed by atoms with E-state index in [2.05, 4.69) is 20.2 Å². The van der Waals surface area contributed by atoms with Crippen LogP contribution in [0.1, 0.15) is 31.7 Å².